The van der Waals surface area contributed by atoms with Gasteiger partial charge in [-0.05, 0) is 25.8 Å². The van der Waals surface area contributed by atoms with E-state index in [0.717, 1.165) is 32.2 Å². The Morgan fingerprint density at radius 1 is 1.35 bits per heavy atom. The van der Waals surface area contributed by atoms with Crippen molar-refractivity contribution in [1.29, 1.82) is 0 Å². The molecule has 0 spiro atoms. The van der Waals surface area contributed by atoms with Crippen molar-refractivity contribution in [3.63, 3.8) is 0 Å². The lowest BCUT2D eigenvalue weighted by Gasteiger charge is -2.15. The number of hydrogen-bond donors (Lipinski definition) is 2. The van der Waals surface area contributed by atoms with Gasteiger partial charge >= 0.3 is 5.69 Å². The molecule has 1 rings (SSSR count). The number of hydrogen-bond acceptors (Lipinski definition) is 5. The summed E-state index contributed by atoms with van der Waals surface area (Å²) in [6.07, 6.45) is 4.16. The molecule has 6 nitrogen and oxygen atoms in total. The molecule has 0 saturated carbocycles. The van der Waals surface area contributed by atoms with Gasteiger partial charge < -0.3 is 10.6 Å². The molecular formula is C14H24N4O2. The predicted molar refractivity (Wildman–Crippen MR) is 82.3 cm³/mol. The second-order valence-electron chi connectivity index (χ2n) is 4.94. The summed E-state index contributed by atoms with van der Waals surface area (Å²) in [5.41, 5.74) is 0.0235. The molecule has 6 heteroatoms. The van der Waals surface area contributed by atoms with Crippen LogP contribution in [0.5, 0.6) is 0 Å². The minimum atomic E-state index is -0.397. The van der Waals surface area contributed by atoms with E-state index in [9.17, 15) is 10.1 Å². The second kappa shape index (κ2) is 8.35. The minimum Gasteiger partial charge on any atom is -0.370 e. The largest absolute Gasteiger partial charge is 0.370 e. The van der Waals surface area contributed by atoms with Crippen molar-refractivity contribution in [2.24, 2.45) is 0 Å². The zero-order valence-electron chi connectivity index (χ0n) is 12.5. The van der Waals surface area contributed by atoms with Crippen LogP contribution in [-0.4, -0.2) is 22.5 Å². The van der Waals surface area contributed by atoms with Crippen LogP contribution in [0.1, 0.15) is 46.5 Å². The summed E-state index contributed by atoms with van der Waals surface area (Å²) in [6, 6.07) is 3.32. The Balaban J connectivity index is 2.85. The first-order valence-electron chi connectivity index (χ1n) is 7.24. The third-order valence-corrected chi connectivity index (χ3v) is 3.00. The number of aromatic nitrogens is 1. The fourth-order valence-electron chi connectivity index (χ4n) is 1.87. The van der Waals surface area contributed by atoms with Crippen LogP contribution < -0.4 is 10.6 Å². The zero-order valence-corrected chi connectivity index (χ0v) is 12.5. The van der Waals surface area contributed by atoms with E-state index in [1.165, 1.54) is 6.07 Å². The number of rotatable bonds is 9. The monoisotopic (exact) mass is 280 g/mol. The van der Waals surface area contributed by atoms with Gasteiger partial charge in [0.25, 0.3) is 0 Å². The van der Waals surface area contributed by atoms with E-state index >= 15 is 0 Å². The molecular weight excluding hydrogens is 256 g/mol. The highest BCUT2D eigenvalue weighted by Gasteiger charge is 2.17. The molecule has 1 aromatic heterocycles. The molecule has 20 heavy (non-hydrogen) atoms. The lowest BCUT2D eigenvalue weighted by molar-refractivity contribution is -0.384. The molecule has 0 amide bonds. The highest BCUT2D eigenvalue weighted by Crippen LogP contribution is 2.25. The topological polar surface area (TPSA) is 80.1 Å². The summed E-state index contributed by atoms with van der Waals surface area (Å²) in [5, 5.41) is 17.3. The Bertz CT molecular complexity index is 437. The van der Waals surface area contributed by atoms with Crippen LogP contribution in [0.25, 0.3) is 0 Å². The van der Waals surface area contributed by atoms with Crippen LogP contribution in [0.4, 0.5) is 17.3 Å². The molecule has 0 aliphatic carbocycles. The van der Waals surface area contributed by atoms with Crippen molar-refractivity contribution in [3.05, 3.63) is 22.2 Å². The third kappa shape index (κ3) is 5.03. The molecule has 0 aliphatic rings. The first-order chi connectivity index (χ1) is 9.58. The van der Waals surface area contributed by atoms with Gasteiger partial charge in [-0.2, -0.15) is 0 Å². The van der Waals surface area contributed by atoms with Crippen molar-refractivity contribution >= 4 is 17.3 Å². The SMILES string of the molecule is CCCCC(C)Nc1nc(NCCC)ccc1[N+](=O)[O-]. The zero-order chi connectivity index (χ0) is 15.0. The molecule has 0 aromatic carbocycles. The number of nitrogens with one attached hydrogen (secondary N) is 2. The normalized spacial score (nSPS) is 11.9. The molecule has 1 aromatic rings. The molecule has 1 heterocycles. The maximum Gasteiger partial charge on any atom is 0.311 e. The highest BCUT2D eigenvalue weighted by molar-refractivity contribution is 5.60. The Kier molecular flexibility index (Phi) is 6.76. The van der Waals surface area contributed by atoms with Gasteiger partial charge in [0.15, 0.2) is 0 Å². The van der Waals surface area contributed by atoms with E-state index in [1.807, 2.05) is 6.92 Å². The van der Waals surface area contributed by atoms with Crippen molar-refractivity contribution in [1.82, 2.24) is 4.98 Å². The highest BCUT2D eigenvalue weighted by atomic mass is 16.6. The van der Waals surface area contributed by atoms with Crippen molar-refractivity contribution in [2.75, 3.05) is 17.2 Å². The van der Waals surface area contributed by atoms with Crippen LogP contribution in [0.15, 0.2) is 12.1 Å². The van der Waals surface area contributed by atoms with E-state index in [4.69, 9.17) is 0 Å². The average molecular weight is 280 g/mol. The van der Waals surface area contributed by atoms with Gasteiger partial charge in [-0.15, -0.1) is 0 Å². The van der Waals surface area contributed by atoms with Crippen molar-refractivity contribution < 1.29 is 4.92 Å². The van der Waals surface area contributed by atoms with Gasteiger partial charge in [0.1, 0.15) is 5.82 Å². The van der Waals surface area contributed by atoms with E-state index in [0.29, 0.717) is 11.6 Å². The summed E-state index contributed by atoms with van der Waals surface area (Å²) >= 11 is 0. The van der Waals surface area contributed by atoms with Gasteiger partial charge in [0.05, 0.1) is 4.92 Å². The molecule has 1 atom stereocenters. The van der Waals surface area contributed by atoms with Crippen molar-refractivity contribution in [2.45, 2.75) is 52.5 Å². The molecule has 1 unspecified atom stereocenters. The van der Waals surface area contributed by atoms with Crippen LogP contribution in [0, 0.1) is 10.1 Å². The molecule has 0 radical (unpaired) electrons. The number of unbranched alkanes of at least 4 members (excludes halogenated alkanes) is 1. The summed E-state index contributed by atoms with van der Waals surface area (Å²) in [7, 11) is 0. The summed E-state index contributed by atoms with van der Waals surface area (Å²) in [6.45, 7) is 7.01. The maximum absolute atomic E-state index is 11.0. The molecule has 0 saturated heterocycles. The fourth-order valence-corrected chi connectivity index (χ4v) is 1.87. The standard InChI is InChI=1S/C14H24N4O2/c1-4-6-7-11(3)16-14-12(18(19)20)8-9-13(17-14)15-10-5-2/h8-9,11H,4-7,10H2,1-3H3,(H2,15,16,17). The van der Waals surface area contributed by atoms with Crippen LogP contribution in [-0.2, 0) is 0 Å². The number of pyridine rings is 1. The molecule has 2 N–H and O–H groups in total. The van der Waals surface area contributed by atoms with Crippen LogP contribution in [0.3, 0.4) is 0 Å². The van der Waals surface area contributed by atoms with Gasteiger partial charge in [0.2, 0.25) is 5.82 Å². The van der Waals surface area contributed by atoms with Crippen LogP contribution in [0.2, 0.25) is 0 Å². The molecule has 0 aliphatic heterocycles. The second-order valence-corrected chi connectivity index (χ2v) is 4.94. The number of nitro groups is 1. The van der Waals surface area contributed by atoms with E-state index in [-0.39, 0.29) is 11.7 Å². The smallest absolute Gasteiger partial charge is 0.311 e. The van der Waals surface area contributed by atoms with Crippen LogP contribution >= 0.6 is 0 Å². The number of nitrogens with zero attached hydrogens (tertiary/aromatic N) is 2. The van der Waals surface area contributed by atoms with Crippen molar-refractivity contribution in [3.8, 4) is 0 Å². The lowest BCUT2D eigenvalue weighted by Crippen LogP contribution is -2.17. The fraction of sp³-hybridized carbons (Fsp3) is 0.643. The van der Waals surface area contributed by atoms with E-state index in [2.05, 4.69) is 29.5 Å². The average Bonchev–Trinajstić information content (AvgIpc) is 2.42. The Morgan fingerprint density at radius 2 is 2.10 bits per heavy atom. The van der Waals surface area contributed by atoms with Gasteiger partial charge in [-0.25, -0.2) is 4.98 Å². The third-order valence-electron chi connectivity index (χ3n) is 3.00. The summed E-state index contributed by atoms with van der Waals surface area (Å²) < 4.78 is 0. The minimum absolute atomic E-state index is 0.0235. The quantitative estimate of drug-likeness (QED) is 0.531. The first-order valence-corrected chi connectivity index (χ1v) is 7.24. The molecule has 0 fully saturated rings. The lowest BCUT2D eigenvalue weighted by atomic mass is 10.1. The summed E-state index contributed by atoms with van der Waals surface area (Å²) in [4.78, 5) is 15.0. The van der Waals surface area contributed by atoms with E-state index in [1.54, 1.807) is 6.07 Å². The maximum atomic E-state index is 11.0. The molecule has 112 valence electrons. The number of anilines is 2. The summed E-state index contributed by atoms with van der Waals surface area (Å²) in [5.74, 6) is 1.02. The van der Waals surface area contributed by atoms with Gasteiger partial charge in [-0.3, -0.25) is 10.1 Å². The Hall–Kier alpha value is -1.85. The Labute approximate surface area is 120 Å². The van der Waals surface area contributed by atoms with Gasteiger partial charge in [-0.1, -0.05) is 26.7 Å². The van der Waals surface area contributed by atoms with Gasteiger partial charge in [0, 0.05) is 18.7 Å². The first kappa shape index (κ1) is 16.2. The molecule has 0 bridgehead atoms. The Morgan fingerprint density at radius 3 is 2.70 bits per heavy atom. The predicted octanol–water partition coefficient (Wildman–Crippen LogP) is 3.80. The van der Waals surface area contributed by atoms with E-state index < -0.39 is 4.92 Å².